The molecule has 0 aliphatic carbocycles. The van der Waals surface area contributed by atoms with Crippen LogP contribution in [0.15, 0.2) is 103 Å². The van der Waals surface area contributed by atoms with Crippen molar-refractivity contribution in [3.63, 3.8) is 0 Å². The molecule has 137 heavy (non-hydrogen) atoms. The number of amides is 9. The first-order valence-corrected chi connectivity index (χ1v) is 46.8. The van der Waals surface area contributed by atoms with Crippen LogP contribution in [0.1, 0.15) is 144 Å². The number of carboxylic acids is 1. The second-order valence-corrected chi connectivity index (χ2v) is 39.4. The third-order valence-corrected chi connectivity index (χ3v) is 28.1. The van der Waals surface area contributed by atoms with Crippen molar-refractivity contribution in [1.82, 2.24) is 42.5 Å². The van der Waals surface area contributed by atoms with Crippen molar-refractivity contribution in [2.75, 3.05) is 25.6 Å². The Labute approximate surface area is 789 Å². The van der Waals surface area contributed by atoms with E-state index >= 15 is 24.0 Å². The van der Waals surface area contributed by atoms with Crippen molar-refractivity contribution >= 4 is 104 Å². The van der Waals surface area contributed by atoms with E-state index in [4.69, 9.17) is 82.0 Å². The van der Waals surface area contributed by atoms with Crippen LogP contribution >= 0.6 is 38.4 Å². The molecule has 51 heteroatoms. The maximum Gasteiger partial charge on any atom is 0.411 e. The number of benzene rings is 6. The van der Waals surface area contributed by atoms with Gasteiger partial charge in [0, 0.05) is 46.8 Å². The molecule has 0 spiro atoms. The molecule has 9 amide bonds. The lowest BCUT2D eigenvalue weighted by Crippen LogP contribution is -2.64. The van der Waals surface area contributed by atoms with E-state index in [1.54, 1.807) is 13.8 Å². The Morgan fingerprint density at radius 1 is 0.650 bits per heavy atom. The molecular formula is C86H105Cl2N11O36P2. The van der Waals surface area contributed by atoms with Crippen LogP contribution in [0.25, 0.3) is 11.1 Å². The maximum absolute atomic E-state index is 16.6. The number of phenols is 3. The Morgan fingerprint density at radius 2 is 1.25 bits per heavy atom. The molecule has 11 bridgehead atoms. The lowest BCUT2D eigenvalue weighted by Gasteiger charge is -2.47. The predicted octanol–water partition coefficient (Wildman–Crippen LogP) is 2.32. The Kier molecular flexibility index (Phi) is 32.9. The van der Waals surface area contributed by atoms with E-state index in [1.807, 2.05) is 0 Å². The maximum atomic E-state index is 16.6. The van der Waals surface area contributed by atoms with Gasteiger partial charge in [-0.1, -0.05) is 67.4 Å². The molecule has 14 rings (SSSR count). The Morgan fingerprint density at radius 3 is 1.85 bits per heavy atom. The number of likely N-dealkylation sites (N-methyl/N-ethyl adjacent to an activating group) is 1. The summed E-state index contributed by atoms with van der Waals surface area (Å²) in [4.78, 5) is 186. The summed E-state index contributed by atoms with van der Waals surface area (Å²) in [5, 5.41) is 136. The summed E-state index contributed by atoms with van der Waals surface area (Å²) in [7, 11) is -9.05. The minimum Gasteiger partial charge on any atom is -0.508 e. The molecule has 22 atom stereocenters. The molecule has 8 heterocycles. The molecule has 6 aromatic rings. The molecule has 6 aromatic carbocycles. The SMILES string of the molecule is CN[C@H](CC(C)C)C(=O)N[C@H]1C(=O)N[C@@H](CC(N)=O)C(=O)N[C@H]2C(=O)N[C@H]3C(=O)N[C@H](C(=O)N[C@H](C(=O)O)c4cc(O)cc(O)c4-c4cc3ccc4O)[C@H](O[C@H]3C[C@](C)(NC(=O)OCc4ccc(NC(=O)OCCCC(P(=O)(O)O)P(=O)(O)O)cc4)[C@@H](O)[C@H](C)O3)c3ccc(c(Cl)c3)Oc3cc2cc(c3O[C@@H]2O[C@H](CO)[C@@H](O)[C@H](O)[C@H]2O[C@H]2C[C@](C)(N)[C@@H](O)[C@H](C)O2)Oc2ccc(cc2Cl)[C@H]1O. The number of aliphatic carboxylic acids is 1. The van der Waals surface area contributed by atoms with Crippen LogP contribution in [0.3, 0.4) is 0 Å². The molecule has 0 unspecified atom stereocenters. The first-order chi connectivity index (χ1) is 64.3. The summed E-state index contributed by atoms with van der Waals surface area (Å²) in [6, 6.07) is 3.64. The minimum absolute atomic E-state index is 0.113. The summed E-state index contributed by atoms with van der Waals surface area (Å²) < 4.78 is 86.2. The van der Waals surface area contributed by atoms with Gasteiger partial charge in [0.05, 0.1) is 59.6 Å². The summed E-state index contributed by atoms with van der Waals surface area (Å²) in [6.45, 7) is 7.14. The number of carbonyl (C=O) groups is 10. The van der Waals surface area contributed by atoms with E-state index in [0.717, 1.165) is 66.7 Å². The van der Waals surface area contributed by atoms with Crippen LogP contribution in [0.2, 0.25) is 10.0 Å². The van der Waals surface area contributed by atoms with Gasteiger partial charge in [0.1, 0.15) is 102 Å². The normalized spacial score (nSPS) is 28.3. The zero-order valence-electron chi connectivity index (χ0n) is 73.9. The van der Waals surface area contributed by atoms with Crippen LogP contribution < -0.4 is 73.5 Å². The largest absolute Gasteiger partial charge is 0.508 e. The first kappa shape index (κ1) is 105. The highest BCUT2D eigenvalue weighted by Gasteiger charge is 2.54. The van der Waals surface area contributed by atoms with Crippen LogP contribution in [0.5, 0.6) is 46.0 Å². The van der Waals surface area contributed by atoms with E-state index in [1.165, 1.54) is 71.1 Å². The number of hydrogen-bond acceptors (Lipinski definition) is 33. The van der Waals surface area contributed by atoms with Gasteiger partial charge >= 0.3 is 33.3 Å². The minimum atomic E-state index is -5.25. The highest BCUT2D eigenvalue weighted by Crippen LogP contribution is 2.62. The molecule has 8 aliphatic heterocycles. The number of phenolic OH excluding ortho intramolecular Hbond substituents is 3. The van der Waals surface area contributed by atoms with Crippen molar-refractivity contribution in [2.45, 2.75) is 225 Å². The predicted molar refractivity (Wildman–Crippen MR) is 473 cm³/mol. The number of aliphatic hydroxyl groups is 6. The van der Waals surface area contributed by atoms with Gasteiger partial charge in [-0.05, 0) is 154 Å². The number of ether oxygens (including phenoxy) is 10. The van der Waals surface area contributed by atoms with Crippen molar-refractivity contribution in [2.24, 2.45) is 17.4 Å². The van der Waals surface area contributed by atoms with Crippen molar-refractivity contribution in [3.05, 3.63) is 147 Å². The zero-order chi connectivity index (χ0) is 100. The summed E-state index contributed by atoms with van der Waals surface area (Å²) in [5.41, 5.74) is 6.08. The smallest absolute Gasteiger partial charge is 0.411 e. The number of carbonyl (C=O) groups excluding carboxylic acids is 9. The number of aromatic hydroxyl groups is 3. The van der Waals surface area contributed by atoms with E-state index in [9.17, 15) is 104 Å². The average molecular weight is 2000 g/mol. The summed E-state index contributed by atoms with van der Waals surface area (Å²) in [5.74, 6) is -17.3. The van der Waals surface area contributed by atoms with Crippen molar-refractivity contribution < 1.29 is 175 Å². The molecule has 27 N–H and O–H groups in total. The fourth-order valence-corrected chi connectivity index (χ4v) is 19.6. The van der Waals surface area contributed by atoms with E-state index < -0.39 is 336 Å². The number of nitrogens with two attached hydrogens (primary N) is 2. The van der Waals surface area contributed by atoms with Gasteiger partial charge in [-0.15, -0.1) is 0 Å². The number of carboxylic acid groups (broad SMARTS) is 1. The Bertz CT molecular complexity index is 5640. The van der Waals surface area contributed by atoms with Gasteiger partial charge in [0.25, 0.3) is 0 Å². The van der Waals surface area contributed by atoms with Crippen LogP contribution in [-0.4, -0.2) is 259 Å². The zero-order valence-corrected chi connectivity index (χ0v) is 77.2. The molecule has 0 saturated carbocycles. The van der Waals surface area contributed by atoms with Gasteiger partial charge < -0.3 is 172 Å². The Balaban J connectivity index is 1.01. The number of fused-ring (bicyclic) bond motifs is 15. The second kappa shape index (κ2) is 43.0. The fraction of sp³-hybridized carbons (Fsp3) is 0.465. The topological polar surface area (TPSA) is 741 Å². The number of primary amides is 1. The van der Waals surface area contributed by atoms with E-state index in [2.05, 4.69) is 47.9 Å². The number of halogens is 2. The monoisotopic (exact) mass is 2000 g/mol. The molecule has 0 radical (unpaired) electrons. The molecule has 0 aromatic heterocycles. The standard InChI is InChI=1S/C86H105Cl2N11O36P2/c1-34(2)21-48(91-7)75(110)97-65-67(105)39-13-18-52(46(87)23-39)130-54-25-41-26-55(71(54)135-82-72(69(107)68(106)56(32-100)132-82)134-58-30-85(5,90)73(108)35(3)128-58)131-53-19-14-40(24-47(53)88)70(133-59-31-86(6,74(109)36(4)129-59)99-84(119)127-33-37-10-15-42(16-11-37)92-83(118)126-20-8-9-60(136(120,121)122)137(123,124)125)66-80(115)96-64(81(116)117)45-27-43(101)28-51(103)61(45)44-22-38(12-17-50(44)102)62(77(112)98-66)95-78(113)63(41)94-76(111)49(29-57(89)104)93-79(65)114/h10-19,22-28,34-36,48-49,56,58-60,62-70,72-74,82,91,100-103,105-109H,8-9,20-21,29-33,90H2,1-7H3,(H2,89,104)(H,92,118)(H,93,114)(H,94,111)(H,95,113)(H,96,115)(H,97,110)(H,98,112)(H,99,119)(H,116,117)(H2,120,121,122)(H2,123,124,125)/t35-,36-,48+,49-,56+,58-,59-,62+,63+,64-,65+,66-,67+,68+,69-,70+,72+,73-,74-,82-,85-,86-/m0/s1. The fourth-order valence-electron chi connectivity index (χ4n) is 16.6. The van der Waals surface area contributed by atoms with Crippen LogP contribution in [0, 0.1) is 5.92 Å². The van der Waals surface area contributed by atoms with Crippen molar-refractivity contribution in [3.8, 4) is 57.1 Å². The number of aliphatic hydroxyl groups excluding tert-OH is 6. The van der Waals surface area contributed by atoms with E-state index in [-0.39, 0.29) is 42.0 Å². The molecule has 8 aliphatic rings. The van der Waals surface area contributed by atoms with Gasteiger partial charge in [-0.3, -0.25) is 48.0 Å². The first-order valence-electron chi connectivity index (χ1n) is 42.7. The summed E-state index contributed by atoms with van der Waals surface area (Å²) >= 11 is 14.6. The highest BCUT2D eigenvalue weighted by atomic mass is 35.5. The quantitative estimate of drug-likeness (QED) is 0.0289. The lowest BCUT2D eigenvalue weighted by molar-refractivity contribution is -0.333. The van der Waals surface area contributed by atoms with Crippen LogP contribution in [0.4, 0.5) is 15.3 Å². The molecular weight excluding hydrogens is 1900 g/mol. The molecule has 744 valence electrons. The average Bonchev–Trinajstić information content (AvgIpc) is 0.759. The highest BCUT2D eigenvalue weighted by molar-refractivity contribution is 7.70. The third kappa shape index (κ3) is 24.6. The number of nitrogens with one attached hydrogen (secondary N) is 9. The molecule has 3 saturated heterocycles. The number of rotatable bonds is 25. The summed E-state index contributed by atoms with van der Waals surface area (Å²) in [6.07, 6.45) is -28.3. The van der Waals surface area contributed by atoms with Gasteiger partial charge in [-0.2, -0.15) is 0 Å². The lowest BCUT2D eigenvalue weighted by atomic mass is 9.85. The molecule has 47 nitrogen and oxygen atoms in total. The van der Waals surface area contributed by atoms with Gasteiger partial charge in [0.15, 0.2) is 41.6 Å². The van der Waals surface area contributed by atoms with Gasteiger partial charge in [-0.25, -0.2) is 14.4 Å². The van der Waals surface area contributed by atoms with Crippen molar-refractivity contribution in [1.29, 1.82) is 0 Å². The van der Waals surface area contributed by atoms with E-state index in [0.29, 0.717) is 5.56 Å². The number of hydrogen-bond donors (Lipinski definition) is 25. The van der Waals surface area contributed by atoms with Gasteiger partial charge in [0.2, 0.25) is 53.4 Å². The van der Waals surface area contributed by atoms with Crippen LogP contribution in [-0.2, 0) is 87.3 Å². The number of anilines is 1. The third-order valence-electron chi connectivity index (χ3n) is 23.7. The Hall–Kier alpha value is -11.2. The second-order valence-electron chi connectivity index (χ2n) is 34.6. The number of alkyl carbamates (subject to hydrolysis) is 1. The molecule has 3 fully saturated rings.